The number of nitrogens with zero attached hydrogens (tertiary/aromatic N) is 2. The predicted molar refractivity (Wildman–Crippen MR) is 64.1 cm³/mol. The lowest BCUT2D eigenvalue weighted by atomic mass is 10.1. The third kappa shape index (κ3) is 1.93. The normalized spacial score (nSPS) is 15.4. The molecule has 1 saturated heterocycles. The van der Waals surface area contributed by atoms with Crippen molar-refractivity contribution in [3.8, 4) is 11.8 Å². The molecule has 0 radical (unpaired) electrons. The quantitative estimate of drug-likeness (QED) is 0.741. The number of benzene rings is 1. The molecule has 2 amide bonds. The Balaban J connectivity index is 2.58. The number of ether oxygens (including phenoxy) is 1. The maximum Gasteiger partial charge on any atom is 0.233 e. The van der Waals surface area contributed by atoms with Gasteiger partial charge in [0.25, 0.3) is 0 Å². The van der Waals surface area contributed by atoms with Gasteiger partial charge in [-0.15, -0.1) is 0 Å². The molecule has 0 aliphatic carbocycles. The van der Waals surface area contributed by atoms with Crippen molar-refractivity contribution in [1.29, 1.82) is 5.26 Å². The van der Waals surface area contributed by atoms with Gasteiger partial charge in [0.2, 0.25) is 11.8 Å². The average molecular weight is 244 g/mol. The number of carbonyl (C=O) groups excluding carboxylic acids is 2. The molecular formula is C13H12N2O3. The lowest BCUT2D eigenvalue weighted by Gasteiger charge is -2.26. The smallest absolute Gasteiger partial charge is 0.233 e. The highest BCUT2D eigenvalue weighted by Crippen LogP contribution is 2.34. The van der Waals surface area contributed by atoms with Gasteiger partial charge in [0.15, 0.2) is 0 Å². The van der Waals surface area contributed by atoms with Gasteiger partial charge in [0.05, 0.1) is 12.7 Å². The van der Waals surface area contributed by atoms with Gasteiger partial charge in [-0.1, -0.05) is 6.07 Å². The summed E-state index contributed by atoms with van der Waals surface area (Å²) in [7, 11) is 1.44. The predicted octanol–water partition coefficient (Wildman–Crippen LogP) is 1.61. The molecule has 0 N–H and O–H groups in total. The van der Waals surface area contributed by atoms with Crippen molar-refractivity contribution in [3.05, 3.63) is 23.8 Å². The molecule has 5 heteroatoms. The molecule has 1 aromatic rings. The number of rotatable bonds is 2. The number of imide groups is 1. The fourth-order valence-corrected chi connectivity index (χ4v) is 2.01. The van der Waals surface area contributed by atoms with Crippen LogP contribution in [0.25, 0.3) is 0 Å². The van der Waals surface area contributed by atoms with Crippen LogP contribution in [-0.4, -0.2) is 18.9 Å². The van der Waals surface area contributed by atoms with E-state index in [1.54, 1.807) is 18.2 Å². The number of anilines is 1. The van der Waals surface area contributed by atoms with Crippen LogP contribution >= 0.6 is 0 Å². The Morgan fingerprint density at radius 3 is 2.50 bits per heavy atom. The summed E-state index contributed by atoms with van der Waals surface area (Å²) < 4.78 is 5.14. The van der Waals surface area contributed by atoms with Gasteiger partial charge in [-0.3, -0.25) is 9.59 Å². The lowest BCUT2D eigenvalue weighted by molar-refractivity contribution is -0.129. The zero-order chi connectivity index (χ0) is 13.1. The summed E-state index contributed by atoms with van der Waals surface area (Å²) in [5.74, 6) is -0.211. The Morgan fingerprint density at radius 1 is 1.28 bits per heavy atom. The van der Waals surface area contributed by atoms with Crippen LogP contribution in [-0.2, 0) is 9.59 Å². The summed E-state index contributed by atoms with van der Waals surface area (Å²) in [6, 6.07) is 6.83. The van der Waals surface area contributed by atoms with E-state index in [-0.39, 0.29) is 23.1 Å². The average Bonchev–Trinajstić information content (AvgIpc) is 2.38. The number of methoxy groups -OCH3 is 1. The molecule has 5 nitrogen and oxygen atoms in total. The molecule has 92 valence electrons. The van der Waals surface area contributed by atoms with Crippen LogP contribution in [0.2, 0.25) is 0 Å². The second-order valence-corrected chi connectivity index (χ2v) is 3.94. The SMILES string of the molecule is COc1cccc(C#N)c1N1C(=O)CCCC1=O. The second kappa shape index (κ2) is 4.88. The zero-order valence-electron chi connectivity index (χ0n) is 9.97. The Labute approximate surface area is 105 Å². The molecule has 0 bridgehead atoms. The van der Waals surface area contributed by atoms with Crippen LogP contribution in [0.3, 0.4) is 0 Å². The summed E-state index contributed by atoms with van der Waals surface area (Å²) in [5, 5.41) is 9.09. The monoisotopic (exact) mass is 244 g/mol. The topological polar surface area (TPSA) is 70.4 Å². The van der Waals surface area contributed by atoms with E-state index < -0.39 is 0 Å². The largest absolute Gasteiger partial charge is 0.495 e. The van der Waals surface area contributed by atoms with Crippen LogP contribution in [0.15, 0.2) is 18.2 Å². The standard InChI is InChI=1S/C13H12N2O3/c1-18-10-5-2-4-9(8-14)13(10)15-11(16)6-3-7-12(15)17/h2,4-5H,3,6-7H2,1H3. The number of hydrogen-bond acceptors (Lipinski definition) is 4. The molecule has 1 aliphatic heterocycles. The maximum absolute atomic E-state index is 11.9. The summed E-state index contributed by atoms with van der Waals surface area (Å²) in [5.41, 5.74) is 0.523. The number of amides is 2. The summed E-state index contributed by atoms with van der Waals surface area (Å²) in [6.45, 7) is 0. The molecule has 18 heavy (non-hydrogen) atoms. The van der Waals surface area contributed by atoms with Gasteiger partial charge in [-0.05, 0) is 18.6 Å². The number of para-hydroxylation sites is 1. The minimum atomic E-state index is -0.285. The van der Waals surface area contributed by atoms with E-state index in [4.69, 9.17) is 10.00 Å². The molecule has 0 spiro atoms. The molecule has 0 atom stereocenters. The maximum atomic E-state index is 11.9. The van der Waals surface area contributed by atoms with Gasteiger partial charge >= 0.3 is 0 Å². The van der Waals surface area contributed by atoms with Gasteiger partial charge in [-0.2, -0.15) is 5.26 Å². The van der Waals surface area contributed by atoms with Crippen molar-refractivity contribution >= 4 is 17.5 Å². The first kappa shape index (κ1) is 12.1. The van der Waals surface area contributed by atoms with E-state index in [0.717, 1.165) is 4.90 Å². The van der Waals surface area contributed by atoms with Crippen molar-refractivity contribution in [2.24, 2.45) is 0 Å². The Kier molecular flexibility index (Phi) is 3.28. The van der Waals surface area contributed by atoms with Gasteiger partial charge < -0.3 is 4.74 Å². The first-order valence-corrected chi connectivity index (χ1v) is 5.62. The lowest BCUT2D eigenvalue weighted by Crippen LogP contribution is -2.40. The van der Waals surface area contributed by atoms with Crippen LogP contribution < -0.4 is 9.64 Å². The zero-order valence-corrected chi connectivity index (χ0v) is 9.97. The first-order valence-electron chi connectivity index (χ1n) is 5.62. The molecule has 0 unspecified atom stereocenters. The molecule has 1 fully saturated rings. The highest BCUT2D eigenvalue weighted by atomic mass is 16.5. The van der Waals surface area contributed by atoms with Crippen molar-refractivity contribution in [2.45, 2.75) is 19.3 Å². The highest BCUT2D eigenvalue weighted by molar-refractivity contribution is 6.17. The van der Waals surface area contributed by atoms with Crippen LogP contribution in [0.1, 0.15) is 24.8 Å². The molecule has 1 aliphatic rings. The minimum absolute atomic E-state index is 0.261. The van der Waals surface area contributed by atoms with Crippen molar-refractivity contribution in [1.82, 2.24) is 0 Å². The van der Waals surface area contributed by atoms with Crippen molar-refractivity contribution < 1.29 is 14.3 Å². The fourth-order valence-electron chi connectivity index (χ4n) is 2.01. The van der Waals surface area contributed by atoms with Crippen molar-refractivity contribution in [3.63, 3.8) is 0 Å². The van der Waals surface area contributed by atoms with E-state index in [1.807, 2.05) is 6.07 Å². The van der Waals surface area contributed by atoms with Gasteiger partial charge in [0.1, 0.15) is 17.5 Å². The number of hydrogen-bond donors (Lipinski definition) is 0. The Hall–Kier alpha value is -2.35. The summed E-state index contributed by atoms with van der Waals surface area (Å²) in [4.78, 5) is 24.8. The molecule has 1 heterocycles. The van der Waals surface area contributed by atoms with Crippen LogP contribution in [0.5, 0.6) is 5.75 Å². The molecule has 0 aromatic heterocycles. The van der Waals surface area contributed by atoms with Crippen LogP contribution in [0, 0.1) is 11.3 Å². The van der Waals surface area contributed by atoms with E-state index in [0.29, 0.717) is 25.0 Å². The highest BCUT2D eigenvalue weighted by Gasteiger charge is 2.31. The van der Waals surface area contributed by atoms with Crippen LogP contribution in [0.4, 0.5) is 5.69 Å². The minimum Gasteiger partial charge on any atom is -0.495 e. The summed E-state index contributed by atoms with van der Waals surface area (Å²) in [6.07, 6.45) is 1.19. The Bertz CT molecular complexity index is 530. The van der Waals surface area contributed by atoms with Gasteiger partial charge in [0, 0.05) is 12.8 Å². The summed E-state index contributed by atoms with van der Waals surface area (Å²) >= 11 is 0. The number of piperidine rings is 1. The number of nitriles is 1. The van der Waals surface area contributed by atoms with E-state index in [2.05, 4.69) is 0 Å². The second-order valence-electron chi connectivity index (χ2n) is 3.94. The molecular weight excluding hydrogens is 232 g/mol. The first-order chi connectivity index (χ1) is 8.69. The third-order valence-electron chi connectivity index (χ3n) is 2.84. The Morgan fingerprint density at radius 2 is 1.94 bits per heavy atom. The fraction of sp³-hybridized carbons (Fsp3) is 0.308. The van der Waals surface area contributed by atoms with E-state index in [1.165, 1.54) is 7.11 Å². The van der Waals surface area contributed by atoms with E-state index in [9.17, 15) is 9.59 Å². The third-order valence-corrected chi connectivity index (χ3v) is 2.84. The van der Waals surface area contributed by atoms with Crippen molar-refractivity contribution in [2.75, 3.05) is 12.0 Å². The molecule has 1 aromatic carbocycles. The number of carbonyl (C=O) groups is 2. The molecule has 2 rings (SSSR count). The molecule has 0 saturated carbocycles. The van der Waals surface area contributed by atoms with Gasteiger partial charge in [-0.25, -0.2) is 4.90 Å². The van der Waals surface area contributed by atoms with E-state index >= 15 is 0 Å².